The molecule has 0 amide bonds. The molecule has 0 unspecified atom stereocenters. The van der Waals surface area contributed by atoms with Gasteiger partial charge in [-0.25, -0.2) is 13.1 Å². The molecule has 128 valence electrons. The van der Waals surface area contributed by atoms with Crippen LogP contribution in [0.3, 0.4) is 0 Å². The number of para-hydroxylation sites is 2. The summed E-state index contributed by atoms with van der Waals surface area (Å²) in [5, 5.41) is 15.3. The normalized spacial score (nSPS) is 11.2. The molecule has 0 radical (unpaired) electrons. The minimum atomic E-state index is -4.17. The van der Waals surface area contributed by atoms with Crippen LogP contribution in [0.5, 0.6) is 0 Å². The van der Waals surface area contributed by atoms with Gasteiger partial charge in [0.25, 0.3) is 15.7 Å². The number of nitro groups is 1. The first-order chi connectivity index (χ1) is 11.9. The summed E-state index contributed by atoms with van der Waals surface area (Å²) in [5.41, 5.74) is 0.596. The molecular weight excluding hydrogens is 344 g/mol. The van der Waals surface area contributed by atoms with Crippen LogP contribution < -0.4 is 4.72 Å². The van der Waals surface area contributed by atoms with Gasteiger partial charge in [0.15, 0.2) is 4.90 Å². The minimum Gasteiger partial charge on any atom is -0.277 e. The van der Waals surface area contributed by atoms with Gasteiger partial charge < -0.3 is 0 Å². The number of hydrogen-bond donors (Lipinski definition) is 1. The molecule has 0 atom stereocenters. The summed E-state index contributed by atoms with van der Waals surface area (Å²) in [6, 6.07) is 12.5. The topological polar surface area (TPSA) is 107 Å². The summed E-state index contributed by atoms with van der Waals surface area (Å²) in [6.45, 7) is 1.51. The molecule has 0 bridgehead atoms. The van der Waals surface area contributed by atoms with Gasteiger partial charge in [-0.15, -0.1) is 0 Å². The number of nitro benzene ring substituents is 1. The number of nitrogens with one attached hydrogen (secondary N) is 1. The maximum Gasteiger partial charge on any atom is 0.290 e. The molecule has 0 aliphatic rings. The molecule has 25 heavy (non-hydrogen) atoms. The molecule has 0 spiro atoms. The molecule has 0 saturated carbocycles. The first-order valence-corrected chi connectivity index (χ1v) is 8.74. The van der Waals surface area contributed by atoms with E-state index in [-0.39, 0.29) is 10.6 Å². The fourth-order valence-corrected chi connectivity index (χ4v) is 3.97. The quantitative estimate of drug-likeness (QED) is 0.557. The maximum absolute atomic E-state index is 12.8. The van der Waals surface area contributed by atoms with E-state index in [1.807, 2.05) is 0 Å². The Hall–Kier alpha value is -3.20. The van der Waals surface area contributed by atoms with E-state index in [0.717, 1.165) is 0 Å². The number of nitrogens with zero attached hydrogens (tertiary/aromatic N) is 3. The first kappa shape index (κ1) is 16.7. The summed E-state index contributed by atoms with van der Waals surface area (Å²) in [4.78, 5) is 10.2. The highest BCUT2D eigenvalue weighted by atomic mass is 32.2. The summed E-state index contributed by atoms with van der Waals surface area (Å²) < 4.78 is 29.6. The Kier molecular flexibility index (Phi) is 4.24. The highest BCUT2D eigenvalue weighted by Gasteiger charge is 2.28. The third kappa shape index (κ3) is 3.22. The summed E-state index contributed by atoms with van der Waals surface area (Å²) in [5.74, 6) is 0. The number of sulfonamides is 1. The Balaban J connectivity index is 2.10. The van der Waals surface area contributed by atoms with Crippen LogP contribution in [-0.4, -0.2) is 23.1 Å². The van der Waals surface area contributed by atoms with Crippen LogP contribution in [0, 0.1) is 17.0 Å². The molecule has 8 nitrogen and oxygen atoms in total. The Morgan fingerprint density at radius 2 is 1.88 bits per heavy atom. The van der Waals surface area contributed by atoms with Crippen molar-refractivity contribution in [2.75, 3.05) is 4.72 Å². The van der Waals surface area contributed by atoms with Gasteiger partial charge in [0.1, 0.15) is 0 Å². The average Bonchev–Trinajstić information content (AvgIpc) is 3.08. The Bertz CT molecular complexity index is 1030. The van der Waals surface area contributed by atoms with Gasteiger partial charge in [-0.05, 0) is 30.7 Å². The van der Waals surface area contributed by atoms with Crippen molar-refractivity contribution >= 4 is 21.4 Å². The van der Waals surface area contributed by atoms with Gasteiger partial charge in [0.05, 0.1) is 16.3 Å². The lowest BCUT2D eigenvalue weighted by atomic mass is 10.2. The van der Waals surface area contributed by atoms with E-state index in [2.05, 4.69) is 9.82 Å². The molecule has 0 fully saturated rings. The van der Waals surface area contributed by atoms with Gasteiger partial charge in [0.2, 0.25) is 0 Å². The predicted octanol–water partition coefficient (Wildman–Crippen LogP) is 2.89. The third-order valence-corrected chi connectivity index (χ3v) is 5.11. The number of benzene rings is 2. The Morgan fingerprint density at radius 3 is 2.56 bits per heavy atom. The van der Waals surface area contributed by atoms with Gasteiger partial charge in [-0.2, -0.15) is 5.10 Å². The highest BCUT2D eigenvalue weighted by Crippen LogP contribution is 2.30. The zero-order valence-electron chi connectivity index (χ0n) is 13.2. The number of aromatic nitrogens is 2. The molecule has 0 saturated heterocycles. The zero-order valence-corrected chi connectivity index (χ0v) is 14.0. The number of rotatable bonds is 5. The van der Waals surface area contributed by atoms with E-state index < -0.39 is 20.6 Å². The third-order valence-electron chi connectivity index (χ3n) is 3.56. The van der Waals surface area contributed by atoms with Gasteiger partial charge >= 0.3 is 0 Å². The van der Waals surface area contributed by atoms with Crippen LogP contribution in [0.1, 0.15) is 5.56 Å². The summed E-state index contributed by atoms with van der Waals surface area (Å²) >= 11 is 0. The number of anilines is 1. The van der Waals surface area contributed by atoms with E-state index in [1.54, 1.807) is 42.7 Å². The number of hydrogen-bond acceptors (Lipinski definition) is 5. The molecular formula is C16H14N4O4S. The second-order valence-electron chi connectivity index (χ2n) is 5.25. The zero-order chi connectivity index (χ0) is 18.0. The van der Waals surface area contributed by atoms with Crippen LogP contribution in [-0.2, 0) is 10.0 Å². The molecule has 0 aliphatic heterocycles. The van der Waals surface area contributed by atoms with Gasteiger partial charge in [0, 0.05) is 18.5 Å². The largest absolute Gasteiger partial charge is 0.290 e. The highest BCUT2D eigenvalue weighted by molar-refractivity contribution is 7.93. The van der Waals surface area contributed by atoms with Crippen molar-refractivity contribution in [3.63, 3.8) is 0 Å². The first-order valence-electron chi connectivity index (χ1n) is 7.26. The standard InChI is InChI=1S/C16H14N4O4S/c1-12-6-4-9-15(20(21)22)16(12)25(23,24)18-13-7-2-3-8-14(13)19-11-5-10-17-19/h2-11,18H,1H3. The van der Waals surface area contributed by atoms with Crippen molar-refractivity contribution in [1.29, 1.82) is 0 Å². The SMILES string of the molecule is Cc1cccc([N+](=O)[O-])c1S(=O)(=O)Nc1ccccc1-n1cccn1. The van der Waals surface area contributed by atoms with Crippen LogP contribution >= 0.6 is 0 Å². The van der Waals surface area contributed by atoms with Crippen molar-refractivity contribution < 1.29 is 13.3 Å². The minimum absolute atomic E-state index is 0.267. The molecule has 3 rings (SSSR count). The smallest absolute Gasteiger partial charge is 0.277 e. The molecule has 9 heteroatoms. The fourth-order valence-electron chi connectivity index (χ4n) is 2.50. The van der Waals surface area contributed by atoms with E-state index in [1.165, 1.54) is 29.8 Å². The average molecular weight is 358 g/mol. The Morgan fingerprint density at radius 1 is 1.12 bits per heavy atom. The molecule has 3 aromatic rings. The molecule has 1 N–H and O–H groups in total. The molecule has 1 heterocycles. The second-order valence-corrected chi connectivity index (χ2v) is 6.87. The van der Waals surface area contributed by atoms with Crippen molar-refractivity contribution in [2.45, 2.75) is 11.8 Å². The Labute approximate surface area is 143 Å². The lowest BCUT2D eigenvalue weighted by molar-refractivity contribution is -0.387. The van der Waals surface area contributed by atoms with Crippen LogP contribution in [0.4, 0.5) is 11.4 Å². The van der Waals surface area contributed by atoms with Crippen LogP contribution in [0.2, 0.25) is 0 Å². The van der Waals surface area contributed by atoms with Crippen LogP contribution in [0.25, 0.3) is 5.69 Å². The lowest BCUT2D eigenvalue weighted by Gasteiger charge is -2.14. The van der Waals surface area contributed by atoms with Crippen molar-refractivity contribution in [2.24, 2.45) is 0 Å². The molecule has 0 aliphatic carbocycles. The van der Waals surface area contributed by atoms with Crippen LogP contribution in [0.15, 0.2) is 65.8 Å². The summed E-state index contributed by atoms with van der Waals surface area (Å²) in [6.07, 6.45) is 3.24. The van der Waals surface area contributed by atoms with E-state index in [9.17, 15) is 18.5 Å². The predicted molar refractivity (Wildman–Crippen MR) is 92.2 cm³/mol. The van der Waals surface area contributed by atoms with Crippen molar-refractivity contribution in [3.8, 4) is 5.69 Å². The van der Waals surface area contributed by atoms with E-state index in [0.29, 0.717) is 11.3 Å². The van der Waals surface area contributed by atoms with Crippen molar-refractivity contribution in [3.05, 3.63) is 76.6 Å². The second kappa shape index (κ2) is 6.36. The summed E-state index contributed by atoms with van der Waals surface area (Å²) in [7, 11) is -4.17. The number of aryl methyl sites for hydroxylation is 1. The molecule has 1 aromatic heterocycles. The monoisotopic (exact) mass is 358 g/mol. The maximum atomic E-state index is 12.8. The lowest BCUT2D eigenvalue weighted by Crippen LogP contribution is -2.17. The molecule has 2 aromatic carbocycles. The van der Waals surface area contributed by atoms with Gasteiger partial charge in [-0.3, -0.25) is 14.8 Å². The van der Waals surface area contributed by atoms with E-state index >= 15 is 0 Å². The van der Waals surface area contributed by atoms with E-state index in [4.69, 9.17) is 0 Å². The fraction of sp³-hybridized carbons (Fsp3) is 0.0625. The van der Waals surface area contributed by atoms with Gasteiger partial charge in [-0.1, -0.05) is 24.3 Å². The van der Waals surface area contributed by atoms with Crippen molar-refractivity contribution in [1.82, 2.24) is 9.78 Å².